The molecule has 2 saturated carbocycles. The summed E-state index contributed by atoms with van der Waals surface area (Å²) in [6.07, 6.45) is 5.43. The van der Waals surface area contributed by atoms with E-state index in [1.165, 1.54) is 31.2 Å². The maximum Gasteiger partial charge on any atom is 0.118 e. The number of methoxy groups -OCH3 is 1. The highest BCUT2D eigenvalue weighted by Gasteiger charge is 2.60. The van der Waals surface area contributed by atoms with Crippen molar-refractivity contribution in [3.8, 4) is 5.75 Å². The topological polar surface area (TPSA) is 35.2 Å². The van der Waals surface area contributed by atoms with Crippen molar-refractivity contribution in [1.29, 1.82) is 0 Å². The fourth-order valence-electron chi connectivity index (χ4n) is 3.33. The molecule has 2 heteroatoms. The molecular formula is C14H19NO. The molecule has 0 saturated heterocycles. The molecule has 0 bridgehead atoms. The third-order valence-corrected chi connectivity index (χ3v) is 4.48. The van der Waals surface area contributed by atoms with Gasteiger partial charge in [0.05, 0.1) is 7.11 Å². The van der Waals surface area contributed by atoms with Crippen LogP contribution in [-0.4, -0.2) is 13.7 Å². The molecule has 0 aromatic heterocycles. The lowest BCUT2D eigenvalue weighted by Gasteiger charge is -2.48. The van der Waals surface area contributed by atoms with Gasteiger partial charge in [0.15, 0.2) is 0 Å². The van der Waals surface area contributed by atoms with E-state index < -0.39 is 0 Å². The van der Waals surface area contributed by atoms with Crippen LogP contribution in [0.5, 0.6) is 5.75 Å². The Hall–Kier alpha value is -1.02. The zero-order valence-corrected chi connectivity index (χ0v) is 9.83. The lowest BCUT2D eigenvalue weighted by molar-refractivity contribution is 0.126. The zero-order chi connectivity index (χ0) is 11.2. The summed E-state index contributed by atoms with van der Waals surface area (Å²) in [6, 6.07) is 8.46. The highest BCUT2D eigenvalue weighted by atomic mass is 16.5. The van der Waals surface area contributed by atoms with E-state index in [0.717, 1.165) is 12.3 Å². The smallest absolute Gasteiger partial charge is 0.118 e. The molecule has 0 aliphatic heterocycles. The molecule has 0 unspecified atom stereocenters. The minimum Gasteiger partial charge on any atom is -0.497 e. The third-order valence-electron chi connectivity index (χ3n) is 4.48. The molecule has 86 valence electrons. The second-order valence-corrected chi connectivity index (χ2v) is 5.57. The van der Waals surface area contributed by atoms with Crippen LogP contribution in [0.4, 0.5) is 0 Å². The first-order valence-electron chi connectivity index (χ1n) is 6.07. The minimum absolute atomic E-state index is 0.267. The largest absolute Gasteiger partial charge is 0.497 e. The Morgan fingerprint density at radius 1 is 1.19 bits per heavy atom. The van der Waals surface area contributed by atoms with Gasteiger partial charge >= 0.3 is 0 Å². The normalized spacial score (nSPS) is 23.9. The second-order valence-electron chi connectivity index (χ2n) is 5.57. The van der Waals surface area contributed by atoms with Gasteiger partial charge in [0, 0.05) is 12.0 Å². The molecule has 16 heavy (non-hydrogen) atoms. The zero-order valence-electron chi connectivity index (χ0n) is 9.83. The lowest BCUT2D eigenvalue weighted by Crippen LogP contribution is -2.48. The fourth-order valence-corrected chi connectivity index (χ4v) is 3.33. The second kappa shape index (κ2) is 3.24. The van der Waals surface area contributed by atoms with E-state index >= 15 is 0 Å². The van der Waals surface area contributed by atoms with E-state index in [9.17, 15) is 0 Å². The first-order valence-corrected chi connectivity index (χ1v) is 6.07. The van der Waals surface area contributed by atoms with Gasteiger partial charge in [0.2, 0.25) is 0 Å². The number of hydrogen-bond acceptors (Lipinski definition) is 2. The van der Waals surface area contributed by atoms with Crippen LogP contribution >= 0.6 is 0 Å². The molecule has 1 aromatic rings. The number of nitrogens with two attached hydrogens (primary N) is 1. The standard InChI is InChI=1S/C14H19NO/c1-16-12-4-2-11(3-5-12)14(10-15)8-13(9-14)6-7-13/h2-5H,6-10,15H2,1H3. The molecule has 0 radical (unpaired) electrons. The summed E-state index contributed by atoms with van der Waals surface area (Å²) in [7, 11) is 1.70. The van der Waals surface area contributed by atoms with Crippen molar-refractivity contribution in [2.75, 3.05) is 13.7 Å². The number of hydrogen-bond donors (Lipinski definition) is 1. The van der Waals surface area contributed by atoms with Crippen molar-refractivity contribution >= 4 is 0 Å². The van der Waals surface area contributed by atoms with E-state index in [-0.39, 0.29) is 5.41 Å². The summed E-state index contributed by atoms with van der Waals surface area (Å²) in [5.74, 6) is 0.927. The Bertz CT molecular complexity index is 384. The molecule has 2 aliphatic rings. The molecule has 1 aromatic carbocycles. The highest BCUT2D eigenvalue weighted by molar-refractivity contribution is 5.37. The molecule has 0 heterocycles. The Morgan fingerprint density at radius 2 is 1.81 bits per heavy atom. The summed E-state index contributed by atoms with van der Waals surface area (Å²) >= 11 is 0. The number of benzene rings is 1. The summed E-state index contributed by atoms with van der Waals surface area (Å²) < 4.78 is 5.19. The van der Waals surface area contributed by atoms with Crippen molar-refractivity contribution in [3.05, 3.63) is 29.8 Å². The molecule has 2 nitrogen and oxygen atoms in total. The van der Waals surface area contributed by atoms with Crippen LogP contribution in [0.25, 0.3) is 0 Å². The van der Waals surface area contributed by atoms with Crippen LogP contribution in [0, 0.1) is 5.41 Å². The van der Waals surface area contributed by atoms with Gasteiger partial charge in [-0.25, -0.2) is 0 Å². The SMILES string of the molecule is COc1ccc(C2(CN)CC3(CC3)C2)cc1. The Balaban J connectivity index is 1.84. The average molecular weight is 217 g/mol. The molecule has 1 spiro atoms. The van der Waals surface area contributed by atoms with Gasteiger partial charge in [-0.15, -0.1) is 0 Å². The van der Waals surface area contributed by atoms with Crippen molar-refractivity contribution in [1.82, 2.24) is 0 Å². The molecule has 2 aliphatic carbocycles. The monoisotopic (exact) mass is 217 g/mol. The highest BCUT2D eigenvalue weighted by Crippen LogP contribution is 2.68. The van der Waals surface area contributed by atoms with Crippen LogP contribution in [0.2, 0.25) is 0 Å². The van der Waals surface area contributed by atoms with Crippen molar-refractivity contribution < 1.29 is 4.74 Å². The molecule has 2 N–H and O–H groups in total. The van der Waals surface area contributed by atoms with Crippen molar-refractivity contribution in [3.63, 3.8) is 0 Å². The Morgan fingerprint density at radius 3 is 2.25 bits per heavy atom. The van der Waals surface area contributed by atoms with Gasteiger partial charge in [-0.2, -0.15) is 0 Å². The summed E-state index contributed by atoms with van der Waals surface area (Å²) in [5, 5.41) is 0. The van der Waals surface area contributed by atoms with E-state index in [1.54, 1.807) is 7.11 Å². The van der Waals surface area contributed by atoms with Gasteiger partial charge in [-0.05, 0) is 48.8 Å². The van der Waals surface area contributed by atoms with E-state index in [4.69, 9.17) is 10.5 Å². The van der Waals surface area contributed by atoms with Gasteiger partial charge in [-0.3, -0.25) is 0 Å². The van der Waals surface area contributed by atoms with Gasteiger partial charge in [-0.1, -0.05) is 12.1 Å². The summed E-state index contributed by atoms with van der Waals surface area (Å²) in [6.45, 7) is 0.779. The van der Waals surface area contributed by atoms with Crippen LogP contribution in [0.15, 0.2) is 24.3 Å². The van der Waals surface area contributed by atoms with Gasteiger partial charge in [0.1, 0.15) is 5.75 Å². The first kappa shape index (κ1) is 10.2. The Labute approximate surface area is 96.8 Å². The summed E-state index contributed by atoms with van der Waals surface area (Å²) in [5.41, 5.74) is 8.35. The van der Waals surface area contributed by atoms with Gasteiger partial charge in [0.25, 0.3) is 0 Å². The number of rotatable bonds is 3. The van der Waals surface area contributed by atoms with Crippen LogP contribution < -0.4 is 10.5 Å². The third kappa shape index (κ3) is 1.36. The summed E-state index contributed by atoms with van der Waals surface area (Å²) in [4.78, 5) is 0. The molecule has 2 fully saturated rings. The minimum atomic E-state index is 0.267. The maximum absolute atomic E-state index is 5.99. The predicted molar refractivity (Wildman–Crippen MR) is 64.6 cm³/mol. The van der Waals surface area contributed by atoms with E-state index in [2.05, 4.69) is 12.1 Å². The Kier molecular flexibility index (Phi) is 2.05. The maximum atomic E-state index is 5.99. The lowest BCUT2D eigenvalue weighted by atomic mass is 9.56. The quantitative estimate of drug-likeness (QED) is 0.844. The van der Waals surface area contributed by atoms with Crippen molar-refractivity contribution in [2.24, 2.45) is 11.1 Å². The fraction of sp³-hybridized carbons (Fsp3) is 0.571. The number of ether oxygens (including phenoxy) is 1. The van der Waals surface area contributed by atoms with Crippen LogP contribution in [0.3, 0.4) is 0 Å². The molecule has 3 rings (SSSR count). The molecule has 0 amide bonds. The van der Waals surface area contributed by atoms with Crippen LogP contribution in [0.1, 0.15) is 31.2 Å². The van der Waals surface area contributed by atoms with Gasteiger partial charge < -0.3 is 10.5 Å². The van der Waals surface area contributed by atoms with E-state index in [1.807, 2.05) is 12.1 Å². The predicted octanol–water partition coefficient (Wildman–Crippen LogP) is 2.47. The van der Waals surface area contributed by atoms with Crippen LogP contribution in [-0.2, 0) is 5.41 Å². The van der Waals surface area contributed by atoms with Crippen molar-refractivity contribution in [2.45, 2.75) is 31.1 Å². The molecular weight excluding hydrogens is 198 g/mol. The average Bonchev–Trinajstić information content (AvgIpc) is 3.07. The first-order chi connectivity index (χ1) is 7.72. The molecule has 0 atom stereocenters. The van der Waals surface area contributed by atoms with E-state index in [0.29, 0.717) is 5.41 Å².